The van der Waals surface area contributed by atoms with Gasteiger partial charge in [-0.1, -0.05) is 6.08 Å². The van der Waals surface area contributed by atoms with E-state index in [2.05, 4.69) is 22.2 Å². The summed E-state index contributed by atoms with van der Waals surface area (Å²) in [4.78, 5) is 4.11. The van der Waals surface area contributed by atoms with Gasteiger partial charge in [0.2, 0.25) is 0 Å². The number of rotatable bonds is 8. The Kier molecular flexibility index (Phi) is 9.10. The molecule has 0 saturated carbocycles. The highest BCUT2D eigenvalue weighted by molar-refractivity contribution is 5.79. The lowest BCUT2D eigenvalue weighted by molar-refractivity contribution is 0.0203. The van der Waals surface area contributed by atoms with E-state index in [-0.39, 0.29) is 0 Å². The van der Waals surface area contributed by atoms with Crippen LogP contribution in [0.4, 0.5) is 0 Å². The number of aliphatic imine (C=N–C) groups is 1. The Morgan fingerprint density at radius 1 is 1.42 bits per heavy atom. The fourth-order valence-corrected chi connectivity index (χ4v) is 1.93. The van der Waals surface area contributed by atoms with Gasteiger partial charge in [-0.25, -0.2) is 0 Å². The Balaban J connectivity index is 1.93. The molecule has 0 atom stereocenters. The van der Waals surface area contributed by atoms with Crippen LogP contribution in [0, 0.1) is 5.92 Å². The molecule has 110 valence electrons. The topological polar surface area (TPSA) is 54.9 Å². The van der Waals surface area contributed by atoms with Gasteiger partial charge in [-0.2, -0.15) is 0 Å². The average molecular weight is 269 g/mol. The maximum Gasteiger partial charge on any atom is 0.191 e. The fourth-order valence-electron chi connectivity index (χ4n) is 1.93. The highest BCUT2D eigenvalue weighted by atomic mass is 16.5. The average Bonchev–Trinajstić information content (AvgIpc) is 2.47. The second-order valence-electron chi connectivity index (χ2n) is 4.65. The third-order valence-electron chi connectivity index (χ3n) is 3.09. The molecule has 0 aromatic rings. The predicted molar refractivity (Wildman–Crippen MR) is 78.5 cm³/mol. The molecular weight excluding hydrogens is 242 g/mol. The van der Waals surface area contributed by atoms with E-state index in [4.69, 9.17) is 9.47 Å². The lowest BCUT2D eigenvalue weighted by Gasteiger charge is -2.21. The van der Waals surface area contributed by atoms with Crippen molar-refractivity contribution in [1.29, 1.82) is 0 Å². The molecule has 0 aromatic heterocycles. The van der Waals surface area contributed by atoms with E-state index in [0.29, 0.717) is 5.92 Å². The van der Waals surface area contributed by atoms with Gasteiger partial charge in [0, 0.05) is 46.6 Å². The number of hydrogen-bond donors (Lipinski definition) is 2. The van der Waals surface area contributed by atoms with E-state index in [9.17, 15) is 0 Å². The Morgan fingerprint density at radius 2 is 2.21 bits per heavy atom. The second-order valence-corrected chi connectivity index (χ2v) is 4.65. The largest absolute Gasteiger partial charge is 0.381 e. The molecule has 0 amide bonds. The number of hydrogen-bond acceptors (Lipinski definition) is 3. The molecular formula is C14H27N3O2. The first-order chi connectivity index (χ1) is 9.36. The fraction of sp³-hybridized carbons (Fsp3) is 0.786. The molecule has 1 aliphatic heterocycles. The maximum atomic E-state index is 5.70. The van der Waals surface area contributed by atoms with E-state index >= 15 is 0 Å². The molecule has 1 fully saturated rings. The summed E-state index contributed by atoms with van der Waals surface area (Å²) in [6.45, 7) is 8.69. The van der Waals surface area contributed by atoms with Gasteiger partial charge in [0.05, 0.1) is 0 Å². The molecule has 2 N–H and O–H groups in total. The number of guanidine groups is 1. The Labute approximate surface area is 116 Å². The summed E-state index contributed by atoms with van der Waals surface area (Å²) < 4.78 is 11.0. The van der Waals surface area contributed by atoms with Crippen LogP contribution >= 0.6 is 0 Å². The van der Waals surface area contributed by atoms with Crippen molar-refractivity contribution in [2.24, 2.45) is 10.9 Å². The summed E-state index contributed by atoms with van der Waals surface area (Å²) in [6, 6.07) is 0. The van der Waals surface area contributed by atoms with Gasteiger partial charge in [-0.05, 0) is 25.2 Å². The smallest absolute Gasteiger partial charge is 0.191 e. The molecule has 0 aromatic carbocycles. The van der Waals surface area contributed by atoms with Crippen LogP contribution in [0.15, 0.2) is 17.6 Å². The molecule has 0 aliphatic carbocycles. The summed E-state index contributed by atoms with van der Waals surface area (Å²) in [7, 11) is 1.76. The predicted octanol–water partition coefficient (Wildman–Crippen LogP) is 1.17. The summed E-state index contributed by atoms with van der Waals surface area (Å²) >= 11 is 0. The first-order valence-electron chi connectivity index (χ1n) is 7.07. The zero-order valence-electron chi connectivity index (χ0n) is 12.0. The Hall–Kier alpha value is -1.07. The van der Waals surface area contributed by atoms with Crippen LogP contribution in [-0.2, 0) is 9.47 Å². The van der Waals surface area contributed by atoms with Crippen LogP contribution in [0.1, 0.15) is 19.3 Å². The van der Waals surface area contributed by atoms with Crippen molar-refractivity contribution in [3.05, 3.63) is 12.7 Å². The minimum absolute atomic E-state index is 0.684. The van der Waals surface area contributed by atoms with Crippen molar-refractivity contribution in [3.63, 3.8) is 0 Å². The molecule has 5 nitrogen and oxygen atoms in total. The van der Waals surface area contributed by atoms with Crippen LogP contribution in [0.2, 0.25) is 0 Å². The molecule has 1 rings (SSSR count). The molecule has 0 spiro atoms. The van der Waals surface area contributed by atoms with E-state index in [1.807, 2.05) is 6.08 Å². The quantitative estimate of drug-likeness (QED) is 0.301. The third kappa shape index (κ3) is 7.85. The van der Waals surface area contributed by atoms with Crippen molar-refractivity contribution in [2.75, 3.05) is 46.6 Å². The molecule has 1 heterocycles. The van der Waals surface area contributed by atoms with Gasteiger partial charge in [0.25, 0.3) is 0 Å². The van der Waals surface area contributed by atoms with E-state index < -0.39 is 0 Å². The maximum absolute atomic E-state index is 5.70. The highest BCUT2D eigenvalue weighted by Crippen LogP contribution is 2.14. The lowest BCUT2D eigenvalue weighted by atomic mass is 10.0. The zero-order valence-corrected chi connectivity index (χ0v) is 12.0. The van der Waals surface area contributed by atoms with Crippen molar-refractivity contribution in [3.8, 4) is 0 Å². The SMILES string of the molecule is C=CCNC(=NC)NCCCOCC1CCOCC1. The van der Waals surface area contributed by atoms with Crippen molar-refractivity contribution >= 4 is 5.96 Å². The minimum Gasteiger partial charge on any atom is -0.381 e. The first-order valence-corrected chi connectivity index (χ1v) is 7.07. The first kappa shape index (κ1) is 16.0. The number of ether oxygens (including phenoxy) is 2. The Morgan fingerprint density at radius 3 is 2.89 bits per heavy atom. The third-order valence-corrected chi connectivity index (χ3v) is 3.09. The van der Waals surface area contributed by atoms with Crippen LogP contribution in [0.3, 0.4) is 0 Å². The lowest BCUT2D eigenvalue weighted by Crippen LogP contribution is -2.38. The van der Waals surface area contributed by atoms with Gasteiger partial charge in [-0.3, -0.25) is 4.99 Å². The summed E-state index contributed by atoms with van der Waals surface area (Å²) in [6.07, 6.45) is 5.06. The van der Waals surface area contributed by atoms with E-state index in [1.165, 1.54) is 0 Å². The molecule has 19 heavy (non-hydrogen) atoms. The normalized spacial score (nSPS) is 17.2. The molecule has 1 saturated heterocycles. The van der Waals surface area contributed by atoms with Gasteiger partial charge in [0.15, 0.2) is 5.96 Å². The molecule has 0 unspecified atom stereocenters. The van der Waals surface area contributed by atoms with E-state index in [1.54, 1.807) is 7.05 Å². The number of nitrogens with zero attached hydrogens (tertiary/aromatic N) is 1. The van der Waals surface area contributed by atoms with Crippen molar-refractivity contribution < 1.29 is 9.47 Å². The second kappa shape index (κ2) is 10.8. The Bertz CT molecular complexity index is 263. The van der Waals surface area contributed by atoms with Crippen LogP contribution in [0.25, 0.3) is 0 Å². The molecule has 0 radical (unpaired) electrons. The molecule has 1 aliphatic rings. The molecule has 5 heteroatoms. The van der Waals surface area contributed by atoms with Gasteiger partial charge in [0.1, 0.15) is 0 Å². The van der Waals surface area contributed by atoms with Crippen LogP contribution in [-0.4, -0.2) is 52.5 Å². The minimum atomic E-state index is 0.684. The van der Waals surface area contributed by atoms with Gasteiger partial charge in [-0.15, -0.1) is 6.58 Å². The number of nitrogens with one attached hydrogen (secondary N) is 2. The van der Waals surface area contributed by atoms with Crippen molar-refractivity contribution in [1.82, 2.24) is 10.6 Å². The standard InChI is InChI=1S/C14H27N3O2/c1-3-7-16-14(15-2)17-8-4-9-19-12-13-5-10-18-11-6-13/h3,13H,1,4-12H2,2H3,(H2,15,16,17). The summed E-state index contributed by atoms with van der Waals surface area (Å²) in [5, 5.41) is 6.36. The van der Waals surface area contributed by atoms with Crippen LogP contribution < -0.4 is 10.6 Å². The van der Waals surface area contributed by atoms with Crippen LogP contribution in [0.5, 0.6) is 0 Å². The summed E-state index contributed by atoms with van der Waals surface area (Å²) in [5.41, 5.74) is 0. The van der Waals surface area contributed by atoms with Gasteiger partial charge < -0.3 is 20.1 Å². The summed E-state index contributed by atoms with van der Waals surface area (Å²) in [5.74, 6) is 1.49. The highest BCUT2D eigenvalue weighted by Gasteiger charge is 2.13. The molecule has 0 bridgehead atoms. The van der Waals surface area contributed by atoms with E-state index in [0.717, 1.165) is 64.7 Å². The monoisotopic (exact) mass is 269 g/mol. The van der Waals surface area contributed by atoms with Crippen molar-refractivity contribution in [2.45, 2.75) is 19.3 Å². The van der Waals surface area contributed by atoms with Gasteiger partial charge >= 0.3 is 0 Å². The zero-order chi connectivity index (χ0) is 13.8.